The number of nitrogens with zero attached hydrogens (tertiary/aromatic N) is 4. The highest BCUT2D eigenvalue weighted by Gasteiger charge is 2.33. The molecule has 1 aliphatic heterocycles. The Morgan fingerprint density at radius 1 is 1.18 bits per heavy atom. The highest BCUT2D eigenvalue weighted by Crippen LogP contribution is 2.27. The number of aliphatic imine (C=N–C) groups is 1. The van der Waals surface area contributed by atoms with Crippen molar-refractivity contribution >= 4 is 17.6 Å². The van der Waals surface area contributed by atoms with Crippen molar-refractivity contribution in [1.29, 1.82) is 0 Å². The van der Waals surface area contributed by atoms with Crippen LogP contribution in [0.3, 0.4) is 0 Å². The average Bonchev–Trinajstić information content (AvgIpc) is 3.37. The molecule has 1 unspecified atom stereocenters. The van der Waals surface area contributed by atoms with E-state index in [-0.39, 0.29) is 29.8 Å². The molecule has 1 amide bonds. The van der Waals surface area contributed by atoms with E-state index in [0.717, 1.165) is 12.3 Å². The Labute approximate surface area is 194 Å². The number of hydrogen-bond donors (Lipinski definition) is 1. The van der Waals surface area contributed by atoms with E-state index in [4.69, 9.17) is 5.73 Å². The summed E-state index contributed by atoms with van der Waals surface area (Å²) < 4.78 is 40.1. The van der Waals surface area contributed by atoms with Crippen molar-refractivity contribution in [3.63, 3.8) is 0 Å². The van der Waals surface area contributed by atoms with Gasteiger partial charge < -0.3 is 10.3 Å². The molecule has 10 heteroatoms. The number of halogens is 3. The molecule has 4 rings (SSSR count). The number of benzene rings is 1. The molecule has 1 aromatic carbocycles. The van der Waals surface area contributed by atoms with Gasteiger partial charge in [0.1, 0.15) is 12.5 Å². The highest BCUT2D eigenvalue weighted by atomic mass is 19.1. The van der Waals surface area contributed by atoms with Gasteiger partial charge in [-0.1, -0.05) is 37.3 Å². The van der Waals surface area contributed by atoms with Gasteiger partial charge in [0.05, 0.1) is 18.4 Å². The second-order valence-corrected chi connectivity index (χ2v) is 7.46. The first kappa shape index (κ1) is 24.7. The first-order chi connectivity index (χ1) is 16.3. The van der Waals surface area contributed by atoms with E-state index in [1.165, 1.54) is 16.5 Å². The first-order valence-electron chi connectivity index (χ1n) is 10.5. The Bertz CT molecular complexity index is 1210. The number of ketones is 1. The number of hydrogen-bond acceptors (Lipinski definition) is 5. The lowest BCUT2D eigenvalue weighted by atomic mass is 10.1. The number of carbonyl (C=O) groups excluding carboxylic acids is 2. The van der Waals surface area contributed by atoms with Crippen LogP contribution < -0.4 is 5.73 Å². The number of rotatable bonds is 6. The quantitative estimate of drug-likeness (QED) is 0.436. The van der Waals surface area contributed by atoms with E-state index >= 15 is 0 Å². The van der Waals surface area contributed by atoms with Crippen LogP contribution in [0.5, 0.6) is 0 Å². The predicted molar refractivity (Wildman–Crippen MR) is 122 cm³/mol. The van der Waals surface area contributed by atoms with Crippen molar-refractivity contribution in [3.05, 3.63) is 77.9 Å². The molecule has 3 aromatic rings. The number of nitrogens with two attached hydrogens (primary N) is 1. The van der Waals surface area contributed by atoms with Gasteiger partial charge in [0.25, 0.3) is 5.91 Å². The summed E-state index contributed by atoms with van der Waals surface area (Å²) in [7, 11) is 1.54. The maximum Gasteiger partial charge on any atom is 0.258 e. The number of amides is 1. The minimum Gasteiger partial charge on any atom is -0.369 e. The lowest BCUT2D eigenvalue weighted by Gasteiger charge is -2.08. The predicted octanol–water partition coefficient (Wildman–Crippen LogP) is 3.90. The molecule has 2 N–H and O–H groups in total. The molecule has 1 aliphatic rings. The number of guanidine groups is 1. The first-order valence-corrected chi connectivity index (χ1v) is 10.5. The third-order valence-corrected chi connectivity index (χ3v) is 5.23. The van der Waals surface area contributed by atoms with Crippen molar-refractivity contribution in [2.45, 2.75) is 25.9 Å². The van der Waals surface area contributed by atoms with Gasteiger partial charge >= 0.3 is 0 Å². The number of Topliss-reactive ketones (excluding diaryl/α,β-unsaturated/α-hetero) is 1. The van der Waals surface area contributed by atoms with Crippen LogP contribution in [-0.2, 0) is 11.3 Å². The number of aromatic nitrogens is 2. The number of carbonyl (C=O) groups is 2. The molecular formula is C24H24F3N5O2. The summed E-state index contributed by atoms with van der Waals surface area (Å²) in [6, 6.07) is 10.7. The van der Waals surface area contributed by atoms with E-state index in [0.29, 0.717) is 23.2 Å². The Morgan fingerprint density at radius 2 is 1.88 bits per heavy atom. The summed E-state index contributed by atoms with van der Waals surface area (Å²) >= 11 is 0. The molecule has 0 spiro atoms. The van der Waals surface area contributed by atoms with E-state index < -0.39 is 24.5 Å². The number of aryl methyl sites for hydroxylation is 1. The third-order valence-electron chi connectivity index (χ3n) is 5.23. The number of alkyl halides is 1. The number of pyridine rings is 1. The second-order valence-electron chi connectivity index (χ2n) is 7.46. The molecule has 7 nitrogen and oxygen atoms in total. The Hall–Kier alpha value is -3.95. The van der Waals surface area contributed by atoms with Gasteiger partial charge in [0, 0.05) is 30.8 Å². The summed E-state index contributed by atoms with van der Waals surface area (Å²) in [6.07, 6.45) is 2.78. The molecule has 0 fully saturated rings. The topological polar surface area (TPSA) is 93.6 Å². The van der Waals surface area contributed by atoms with Crippen molar-refractivity contribution in [3.8, 4) is 11.1 Å². The maximum absolute atomic E-state index is 13.2. The monoisotopic (exact) mass is 471 g/mol. The lowest BCUT2D eigenvalue weighted by molar-refractivity contribution is -0.126. The van der Waals surface area contributed by atoms with E-state index in [1.54, 1.807) is 43.5 Å². The highest BCUT2D eigenvalue weighted by molar-refractivity contribution is 6.04. The molecule has 0 bridgehead atoms. The zero-order chi connectivity index (χ0) is 24.8. The molecular weight excluding hydrogens is 447 g/mol. The summed E-state index contributed by atoms with van der Waals surface area (Å²) in [6.45, 7) is 1.23. The molecule has 178 valence electrons. The standard InChI is InChI=1S/C13H17FN4O2.C11H7F2N/c1-3-10(19)9-6-8(7-18(9)5-4-14)11-12(20)17(2)13(15)16-11;12-9-6-10(11(13)14-7-9)8-4-2-1-3-5-8/h6-7,11H,3-5H2,1-2H3,(H2,15,16);1-7H. The van der Waals surface area contributed by atoms with Crippen LogP contribution in [0.2, 0.25) is 0 Å². The van der Waals surface area contributed by atoms with Crippen molar-refractivity contribution in [2.75, 3.05) is 13.7 Å². The molecule has 34 heavy (non-hydrogen) atoms. The van der Waals surface area contributed by atoms with Gasteiger partial charge in [-0.2, -0.15) is 4.39 Å². The summed E-state index contributed by atoms with van der Waals surface area (Å²) in [4.78, 5) is 32.5. The van der Waals surface area contributed by atoms with Crippen molar-refractivity contribution < 1.29 is 22.8 Å². The fraction of sp³-hybridized carbons (Fsp3) is 0.250. The third kappa shape index (κ3) is 5.33. The lowest BCUT2D eigenvalue weighted by Crippen LogP contribution is -2.34. The van der Waals surface area contributed by atoms with Crippen molar-refractivity contribution in [2.24, 2.45) is 10.7 Å². The summed E-state index contributed by atoms with van der Waals surface area (Å²) in [5.74, 6) is -1.40. The Morgan fingerprint density at radius 3 is 2.47 bits per heavy atom. The molecule has 1 atom stereocenters. The van der Waals surface area contributed by atoms with Crippen LogP contribution in [0.15, 0.2) is 59.9 Å². The molecule has 0 saturated carbocycles. The smallest absolute Gasteiger partial charge is 0.258 e. The van der Waals surface area contributed by atoms with Crippen LogP contribution in [0.4, 0.5) is 13.2 Å². The van der Waals surface area contributed by atoms with Gasteiger partial charge in [0.2, 0.25) is 5.95 Å². The SMILES string of the molecule is CCC(=O)c1cc(C2N=C(N)N(C)C2=O)cn1CCF.Fc1cnc(F)c(-c2ccccc2)c1. The maximum atomic E-state index is 13.2. The minimum atomic E-state index is -0.746. The largest absolute Gasteiger partial charge is 0.369 e. The average molecular weight is 471 g/mol. The van der Waals surface area contributed by atoms with E-state index in [9.17, 15) is 22.8 Å². The van der Waals surface area contributed by atoms with Crippen LogP contribution in [0.1, 0.15) is 35.4 Å². The van der Waals surface area contributed by atoms with Gasteiger partial charge in [-0.25, -0.2) is 18.8 Å². The normalized spacial score (nSPS) is 15.1. The second kappa shape index (κ2) is 10.8. The molecule has 0 aliphatic carbocycles. The molecule has 3 heterocycles. The van der Waals surface area contributed by atoms with Crippen molar-refractivity contribution in [1.82, 2.24) is 14.5 Å². The van der Waals surface area contributed by atoms with Gasteiger partial charge in [-0.15, -0.1) is 0 Å². The van der Waals surface area contributed by atoms with E-state index in [1.807, 2.05) is 6.07 Å². The Kier molecular flexibility index (Phi) is 7.83. The van der Waals surface area contributed by atoms with E-state index in [2.05, 4.69) is 9.98 Å². The summed E-state index contributed by atoms with van der Waals surface area (Å²) in [5.41, 5.74) is 7.38. The van der Waals surface area contributed by atoms with Crippen LogP contribution in [0.25, 0.3) is 11.1 Å². The number of likely N-dealkylation sites (N-methyl/N-ethyl adjacent to an activating group) is 1. The van der Waals surface area contributed by atoms with Crippen LogP contribution in [-0.4, -0.2) is 45.8 Å². The molecule has 0 saturated heterocycles. The zero-order valence-corrected chi connectivity index (χ0v) is 18.7. The minimum absolute atomic E-state index is 0.0804. The Balaban J connectivity index is 0.000000202. The van der Waals surface area contributed by atoms with Gasteiger partial charge in [0.15, 0.2) is 17.8 Å². The van der Waals surface area contributed by atoms with Crippen LogP contribution >= 0.6 is 0 Å². The van der Waals surface area contributed by atoms with Crippen LogP contribution in [0, 0.1) is 11.8 Å². The zero-order valence-electron chi connectivity index (χ0n) is 18.7. The summed E-state index contributed by atoms with van der Waals surface area (Å²) in [5, 5.41) is 0. The molecule has 0 radical (unpaired) electrons. The van der Waals surface area contributed by atoms with Gasteiger partial charge in [-0.05, 0) is 17.7 Å². The molecule has 2 aromatic heterocycles. The fourth-order valence-electron chi connectivity index (χ4n) is 3.41. The van der Waals surface area contributed by atoms with Gasteiger partial charge in [-0.3, -0.25) is 14.5 Å². The fourth-order valence-corrected chi connectivity index (χ4v) is 3.41.